The van der Waals surface area contributed by atoms with E-state index < -0.39 is 0 Å². The molecule has 0 saturated carbocycles. The normalized spacial score (nSPS) is 18.1. The molecule has 0 radical (unpaired) electrons. The van der Waals surface area contributed by atoms with Crippen LogP contribution in [0.4, 0.5) is 5.69 Å². The molecule has 1 amide bonds. The average Bonchev–Trinajstić information content (AvgIpc) is 2.68. The second-order valence-corrected chi connectivity index (χ2v) is 9.11. The molecule has 0 aliphatic carbocycles. The van der Waals surface area contributed by atoms with Crippen LogP contribution in [-0.2, 0) is 11.8 Å². The summed E-state index contributed by atoms with van der Waals surface area (Å²) >= 11 is 0. The van der Waals surface area contributed by atoms with Gasteiger partial charge in [0.2, 0.25) is 0 Å². The Morgan fingerprint density at radius 3 is 2.46 bits per heavy atom. The van der Waals surface area contributed by atoms with Crippen molar-refractivity contribution in [2.75, 3.05) is 18.9 Å². The Balaban J connectivity index is 1.66. The Kier molecular flexibility index (Phi) is 6.56. The maximum absolute atomic E-state index is 12.8. The first kappa shape index (κ1) is 20.6. The van der Waals surface area contributed by atoms with E-state index in [2.05, 4.69) is 62.3 Å². The van der Waals surface area contributed by atoms with Gasteiger partial charge in [0.05, 0.1) is 0 Å². The zero-order chi connectivity index (χ0) is 20.1. The van der Waals surface area contributed by atoms with Gasteiger partial charge in [-0.2, -0.15) is 0 Å². The SMILES string of the molecule is CN1CCCCC1CCc1ccccc1NC(=O)c1ccc(C(C)(C)C)cc1. The van der Waals surface area contributed by atoms with E-state index in [-0.39, 0.29) is 11.3 Å². The Bertz CT molecular complexity index is 789. The smallest absolute Gasteiger partial charge is 0.255 e. The molecule has 1 N–H and O–H groups in total. The molecule has 2 aromatic rings. The topological polar surface area (TPSA) is 32.3 Å². The lowest BCUT2D eigenvalue weighted by atomic mass is 9.86. The van der Waals surface area contributed by atoms with Crippen molar-refractivity contribution in [2.45, 2.75) is 64.3 Å². The minimum absolute atomic E-state index is 0.0392. The summed E-state index contributed by atoms with van der Waals surface area (Å²) in [5.74, 6) is -0.0392. The number of hydrogen-bond donors (Lipinski definition) is 1. The van der Waals surface area contributed by atoms with Crippen LogP contribution in [0.1, 0.15) is 67.9 Å². The molecule has 3 rings (SSSR count). The number of carbonyl (C=O) groups excluding carboxylic acids is 1. The third kappa shape index (κ3) is 5.23. The number of anilines is 1. The van der Waals surface area contributed by atoms with E-state index in [0.29, 0.717) is 11.6 Å². The van der Waals surface area contributed by atoms with Gasteiger partial charge in [-0.05, 0) is 74.0 Å². The molecule has 1 atom stereocenters. The maximum Gasteiger partial charge on any atom is 0.255 e. The lowest BCUT2D eigenvalue weighted by molar-refractivity contribution is 0.102. The van der Waals surface area contributed by atoms with Crippen molar-refractivity contribution in [3.8, 4) is 0 Å². The lowest BCUT2D eigenvalue weighted by Crippen LogP contribution is -2.36. The van der Waals surface area contributed by atoms with Crippen LogP contribution in [0.15, 0.2) is 48.5 Å². The summed E-state index contributed by atoms with van der Waals surface area (Å²) in [5.41, 5.74) is 4.19. The van der Waals surface area contributed by atoms with Crippen molar-refractivity contribution < 1.29 is 4.79 Å². The van der Waals surface area contributed by atoms with E-state index in [0.717, 1.165) is 18.5 Å². The second-order valence-electron chi connectivity index (χ2n) is 9.11. The first-order chi connectivity index (χ1) is 13.3. The Labute approximate surface area is 170 Å². The highest BCUT2D eigenvalue weighted by molar-refractivity contribution is 6.04. The first-order valence-electron chi connectivity index (χ1n) is 10.5. The van der Waals surface area contributed by atoms with Crippen LogP contribution < -0.4 is 5.32 Å². The van der Waals surface area contributed by atoms with Crippen molar-refractivity contribution in [3.05, 3.63) is 65.2 Å². The highest BCUT2D eigenvalue weighted by Gasteiger charge is 2.19. The number of carbonyl (C=O) groups is 1. The standard InChI is InChI=1S/C25H34N2O/c1-25(2,3)21-15-12-20(13-16-21)24(28)26-23-11-6-5-9-19(23)14-17-22-10-7-8-18-27(22)4/h5-6,9,11-13,15-16,22H,7-8,10,14,17-18H2,1-4H3,(H,26,28). The molecule has 2 aromatic carbocycles. The van der Waals surface area contributed by atoms with Gasteiger partial charge < -0.3 is 10.2 Å². The molecule has 1 heterocycles. The molecule has 3 nitrogen and oxygen atoms in total. The number of aryl methyl sites for hydroxylation is 1. The summed E-state index contributed by atoms with van der Waals surface area (Å²) in [5, 5.41) is 3.13. The molecule has 1 fully saturated rings. The fraction of sp³-hybridized carbons (Fsp3) is 0.480. The summed E-state index contributed by atoms with van der Waals surface area (Å²) in [6, 6.07) is 16.8. The molecule has 1 aliphatic heterocycles. The fourth-order valence-electron chi connectivity index (χ4n) is 4.01. The van der Waals surface area contributed by atoms with E-state index in [9.17, 15) is 4.79 Å². The third-order valence-corrected chi connectivity index (χ3v) is 5.95. The maximum atomic E-state index is 12.8. The quantitative estimate of drug-likeness (QED) is 0.729. The molecule has 0 spiro atoms. The molecule has 0 aromatic heterocycles. The second kappa shape index (κ2) is 8.91. The van der Waals surface area contributed by atoms with Gasteiger partial charge >= 0.3 is 0 Å². The molecule has 1 aliphatic rings. The van der Waals surface area contributed by atoms with Gasteiger partial charge in [0.15, 0.2) is 0 Å². The Hall–Kier alpha value is -2.13. The number of nitrogens with zero attached hydrogens (tertiary/aromatic N) is 1. The summed E-state index contributed by atoms with van der Waals surface area (Å²) in [4.78, 5) is 15.3. The van der Waals surface area contributed by atoms with Crippen LogP contribution >= 0.6 is 0 Å². The monoisotopic (exact) mass is 378 g/mol. The lowest BCUT2D eigenvalue weighted by Gasteiger charge is -2.32. The third-order valence-electron chi connectivity index (χ3n) is 5.95. The minimum Gasteiger partial charge on any atom is -0.322 e. The summed E-state index contributed by atoms with van der Waals surface area (Å²) in [6.45, 7) is 7.75. The number of hydrogen-bond acceptors (Lipinski definition) is 2. The number of piperidine rings is 1. The Morgan fingerprint density at radius 2 is 1.79 bits per heavy atom. The van der Waals surface area contributed by atoms with Crippen LogP contribution in [0.25, 0.3) is 0 Å². The zero-order valence-electron chi connectivity index (χ0n) is 17.8. The van der Waals surface area contributed by atoms with E-state index in [4.69, 9.17) is 0 Å². The van der Waals surface area contributed by atoms with E-state index in [1.165, 1.54) is 36.9 Å². The highest BCUT2D eigenvalue weighted by atomic mass is 16.1. The summed E-state index contributed by atoms with van der Waals surface area (Å²) in [7, 11) is 2.23. The van der Waals surface area contributed by atoms with Crippen molar-refractivity contribution in [3.63, 3.8) is 0 Å². The number of para-hydroxylation sites is 1. The molecular formula is C25H34N2O. The summed E-state index contributed by atoms with van der Waals surface area (Å²) < 4.78 is 0. The molecule has 1 unspecified atom stereocenters. The van der Waals surface area contributed by atoms with Gasteiger partial charge in [-0.25, -0.2) is 0 Å². The van der Waals surface area contributed by atoms with Gasteiger partial charge in [-0.1, -0.05) is 57.5 Å². The Morgan fingerprint density at radius 1 is 1.07 bits per heavy atom. The largest absolute Gasteiger partial charge is 0.322 e. The van der Waals surface area contributed by atoms with Crippen LogP contribution in [0, 0.1) is 0 Å². The van der Waals surface area contributed by atoms with E-state index >= 15 is 0 Å². The predicted molar refractivity (Wildman–Crippen MR) is 118 cm³/mol. The molecule has 3 heteroatoms. The minimum atomic E-state index is -0.0392. The van der Waals surface area contributed by atoms with Gasteiger partial charge in [0.1, 0.15) is 0 Å². The van der Waals surface area contributed by atoms with Crippen molar-refractivity contribution in [1.82, 2.24) is 4.90 Å². The average molecular weight is 379 g/mol. The molecule has 0 bridgehead atoms. The van der Waals surface area contributed by atoms with Gasteiger partial charge in [0, 0.05) is 17.3 Å². The van der Waals surface area contributed by atoms with Gasteiger partial charge in [-0.3, -0.25) is 4.79 Å². The molecule has 28 heavy (non-hydrogen) atoms. The highest BCUT2D eigenvalue weighted by Crippen LogP contribution is 2.25. The number of likely N-dealkylation sites (tertiary alicyclic amines) is 1. The first-order valence-corrected chi connectivity index (χ1v) is 10.5. The van der Waals surface area contributed by atoms with Crippen molar-refractivity contribution in [2.24, 2.45) is 0 Å². The van der Waals surface area contributed by atoms with Crippen molar-refractivity contribution in [1.29, 1.82) is 0 Å². The van der Waals surface area contributed by atoms with Crippen LogP contribution in [-0.4, -0.2) is 30.4 Å². The van der Waals surface area contributed by atoms with Crippen LogP contribution in [0.5, 0.6) is 0 Å². The molecule has 150 valence electrons. The summed E-state index contributed by atoms with van der Waals surface area (Å²) in [6.07, 6.45) is 6.06. The van der Waals surface area contributed by atoms with Gasteiger partial charge in [-0.15, -0.1) is 0 Å². The van der Waals surface area contributed by atoms with Crippen LogP contribution in [0.2, 0.25) is 0 Å². The van der Waals surface area contributed by atoms with Gasteiger partial charge in [0.25, 0.3) is 5.91 Å². The fourth-order valence-corrected chi connectivity index (χ4v) is 4.01. The number of amides is 1. The predicted octanol–water partition coefficient (Wildman–Crippen LogP) is 5.65. The van der Waals surface area contributed by atoms with Crippen molar-refractivity contribution >= 4 is 11.6 Å². The number of rotatable bonds is 5. The number of benzene rings is 2. The molecular weight excluding hydrogens is 344 g/mol. The van der Waals surface area contributed by atoms with E-state index in [1.807, 2.05) is 24.3 Å². The number of nitrogens with one attached hydrogen (secondary N) is 1. The van der Waals surface area contributed by atoms with E-state index in [1.54, 1.807) is 0 Å². The van der Waals surface area contributed by atoms with Crippen LogP contribution in [0.3, 0.4) is 0 Å². The molecule has 1 saturated heterocycles. The zero-order valence-corrected chi connectivity index (χ0v) is 17.8.